The maximum atomic E-state index is 14.4. The van der Waals surface area contributed by atoms with Gasteiger partial charge in [-0.15, -0.1) is 0 Å². The van der Waals surface area contributed by atoms with Gasteiger partial charge in [0.25, 0.3) is 0 Å². The lowest BCUT2D eigenvalue weighted by Crippen LogP contribution is -2.34. The molecule has 0 aliphatic carbocycles. The minimum Gasteiger partial charge on any atom is -0.493 e. The first-order valence-electron chi connectivity index (χ1n) is 11.8. The Morgan fingerprint density at radius 2 is 2.00 bits per heavy atom. The molecule has 0 aliphatic rings. The fourth-order valence-corrected chi connectivity index (χ4v) is 3.96. The number of methoxy groups -OCH3 is 1. The zero-order valence-corrected chi connectivity index (χ0v) is 22.8. The van der Waals surface area contributed by atoms with Gasteiger partial charge in [0.15, 0.2) is 17.3 Å². The number of fused-ring (bicyclic) bond motifs is 1. The number of carbonyl (C=O) groups excluding carboxylic acids is 1. The molecule has 3 aromatic rings. The Bertz CT molecular complexity index is 1220. The van der Waals surface area contributed by atoms with Gasteiger partial charge in [-0.25, -0.2) is 14.4 Å². The number of halogens is 2. The summed E-state index contributed by atoms with van der Waals surface area (Å²) in [5.74, 6) is -0.887. The van der Waals surface area contributed by atoms with Crippen molar-refractivity contribution >= 4 is 44.3 Å². The van der Waals surface area contributed by atoms with E-state index < -0.39 is 17.7 Å². The normalized spacial score (nSPS) is 12.3. The average molecular weight is 580 g/mol. The standard InChI is InChI=1S/C26H31BrFN3O6/c1-5-35-24(32)8-6-7-17(37-26(2,3)33)14-36-23-13-21-18(12-22(23)34-4)25(30-15-29-21)31-20-10-9-16(27)11-19(20)28/h9-13,15,17,33H,5-8,14H2,1-4H3,(H,29,30,31). The summed E-state index contributed by atoms with van der Waals surface area (Å²) < 4.78 is 37.2. The third kappa shape index (κ3) is 8.51. The average Bonchev–Trinajstić information content (AvgIpc) is 2.83. The molecule has 11 heteroatoms. The van der Waals surface area contributed by atoms with Crippen molar-refractivity contribution in [3.05, 3.63) is 46.9 Å². The van der Waals surface area contributed by atoms with E-state index in [0.717, 1.165) is 0 Å². The van der Waals surface area contributed by atoms with Crippen molar-refractivity contribution in [2.45, 2.75) is 51.9 Å². The molecule has 1 heterocycles. The SMILES string of the molecule is CCOC(=O)CCCC(COc1cc2ncnc(Nc3ccc(Br)cc3F)c2cc1OC)OC(C)(C)O. The van der Waals surface area contributed by atoms with Crippen LogP contribution in [0.4, 0.5) is 15.9 Å². The van der Waals surface area contributed by atoms with Gasteiger partial charge in [-0.2, -0.15) is 0 Å². The highest BCUT2D eigenvalue weighted by atomic mass is 79.9. The van der Waals surface area contributed by atoms with Crippen molar-refractivity contribution in [2.75, 3.05) is 25.6 Å². The van der Waals surface area contributed by atoms with Gasteiger partial charge in [0, 0.05) is 22.3 Å². The van der Waals surface area contributed by atoms with E-state index in [0.29, 0.717) is 52.1 Å². The van der Waals surface area contributed by atoms with Crippen molar-refractivity contribution in [1.29, 1.82) is 0 Å². The molecule has 9 nitrogen and oxygen atoms in total. The number of nitrogens with zero attached hydrogens (tertiary/aromatic N) is 2. The second-order valence-electron chi connectivity index (χ2n) is 8.69. The van der Waals surface area contributed by atoms with E-state index in [-0.39, 0.29) is 24.7 Å². The Hall–Kier alpha value is -3.02. The van der Waals surface area contributed by atoms with E-state index in [2.05, 4.69) is 31.2 Å². The zero-order valence-electron chi connectivity index (χ0n) is 21.2. The molecule has 0 fully saturated rings. The molecule has 1 unspecified atom stereocenters. The Kier molecular flexibility index (Phi) is 10.0. The smallest absolute Gasteiger partial charge is 0.305 e. The third-order valence-electron chi connectivity index (χ3n) is 5.20. The van der Waals surface area contributed by atoms with Crippen molar-refractivity contribution in [3.8, 4) is 11.5 Å². The number of benzene rings is 2. The predicted molar refractivity (Wildman–Crippen MR) is 141 cm³/mol. The first kappa shape index (κ1) is 28.5. The van der Waals surface area contributed by atoms with Crippen LogP contribution in [-0.4, -0.2) is 53.3 Å². The second-order valence-corrected chi connectivity index (χ2v) is 9.60. The Balaban J connectivity index is 1.79. The predicted octanol–water partition coefficient (Wildman–Crippen LogP) is 5.51. The van der Waals surface area contributed by atoms with Crippen LogP contribution in [0.5, 0.6) is 11.5 Å². The van der Waals surface area contributed by atoms with E-state index in [4.69, 9.17) is 18.9 Å². The lowest BCUT2D eigenvalue weighted by Gasteiger charge is -2.26. The minimum atomic E-state index is -1.39. The van der Waals surface area contributed by atoms with E-state index in [1.54, 1.807) is 31.2 Å². The Morgan fingerprint density at radius 1 is 1.22 bits per heavy atom. The molecule has 200 valence electrons. The molecule has 0 saturated heterocycles. The van der Waals surface area contributed by atoms with Crippen LogP contribution >= 0.6 is 15.9 Å². The minimum absolute atomic E-state index is 0.0922. The number of anilines is 2. The molecule has 0 saturated carbocycles. The van der Waals surface area contributed by atoms with Crippen molar-refractivity contribution in [3.63, 3.8) is 0 Å². The van der Waals surface area contributed by atoms with Crippen LogP contribution < -0.4 is 14.8 Å². The maximum absolute atomic E-state index is 14.4. The summed E-state index contributed by atoms with van der Waals surface area (Å²) in [4.78, 5) is 20.3. The third-order valence-corrected chi connectivity index (χ3v) is 5.69. The highest BCUT2D eigenvalue weighted by Gasteiger charge is 2.22. The van der Waals surface area contributed by atoms with Crippen molar-refractivity contribution in [1.82, 2.24) is 9.97 Å². The summed E-state index contributed by atoms with van der Waals surface area (Å²) in [6.45, 7) is 5.23. The molecule has 37 heavy (non-hydrogen) atoms. The summed E-state index contributed by atoms with van der Waals surface area (Å²) in [6, 6.07) is 8.08. The molecule has 1 atom stereocenters. The van der Waals surface area contributed by atoms with Gasteiger partial charge in [0.05, 0.1) is 31.0 Å². The molecule has 0 radical (unpaired) electrons. The van der Waals surface area contributed by atoms with Crippen molar-refractivity contribution < 1.29 is 33.2 Å². The topological polar surface area (TPSA) is 112 Å². The van der Waals surface area contributed by atoms with Crippen LogP contribution in [0.15, 0.2) is 41.1 Å². The van der Waals surface area contributed by atoms with Crippen LogP contribution in [0.1, 0.15) is 40.0 Å². The molecule has 0 amide bonds. The summed E-state index contributed by atoms with van der Waals surface area (Å²) in [6.07, 6.45) is 2.08. The molecule has 2 N–H and O–H groups in total. The van der Waals surface area contributed by atoms with E-state index in [9.17, 15) is 14.3 Å². The summed E-state index contributed by atoms with van der Waals surface area (Å²) in [5.41, 5.74) is 0.810. The quantitative estimate of drug-likeness (QED) is 0.200. The largest absolute Gasteiger partial charge is 0.493 e. The lowest BCUT2D eigenvalue weighted by molar-refractivity contribution is -0.212. The monoisotopic (exact) mass is 579 g/mol. The number of ether oxygens (including phenoxy) is 4. The summed E-state index contributed by atoms with van der Waals surface area (Å²) >= 11 is 3.25. The molecule has 2 aromatic carbocycles. The second kappa shape index (κ2) is 13.0. The lowest BCUT2D eigenvalue weighted by atomic mass is 10.1. The molecule has 3 rings (SSSR count). The number of hydrogen-bond acceptors (Lipinski definition) is 9. The molecular formula is C26H31BrFN3O6. The summed E-state index contributed by atoms with van der Waals surface area (Å²) in [5, 5.41) is 13.8. The van der Waals surface area contributed by atoms with Gasteiger partial charge < -0.3 is 29.4 Å². The van der Waals surface area contributed by atoms with Gasteiger partial charge in [-0.3, -0.25) is 4.79 Å². The van der Waals surface area contributed by atoms with E-state index in [1.807, 2.05) is 0 Å². The van der Waals surface area contributed by atoms with Crippen LogP contribution in [0, 0.1) is 5.82 Å². The Labute approximate surface area is 223 Å². The molecule has 0 aliphatic heterocycles. The highest BCUT2D eigenvalue weighted by Crippen LogP contribution is 2.35. The molecule has 0 spiro atoms. The molecular weight excluding hydrogens is 549 g/mol. The first-order chi connectivity index (χ1) is 17.6. The number of aromatic nitrogens is 2. The highest BCUT2D eigenvalue weighted by molar-refractivity contribution is 9.10. The van der Waals surface area contributed by atoms with Crippen LogP contribution in [0.3, 0.4) is 0 Å². The number of esters is 1. The van der Waals surface area contributed by atoms with Gasteiger partial charge in [0.2, 0.25) is 0 Å². The molecule has 1 aromatic heterocycles. The zero-order chi connectivity index (χ0) is 27.0. The van der Waals surface area contributed by atoms with Gasteiger partial charge in [-0.05, 0) is 57.9 Å². The van der Waals surface area contributed by atoms with Crippen molar-refractivity contribution in [2.24, 2.45) is 0 Å². The fourth-order valence-electron chi connectivity index (χ4n) is 3.63. The first-order valence-corrected chi connectivity index (χ1v) is 12.6. The Morgan fingerprint density at radius 3 is 2.68 bits per heavy atom. The molecule has 0 bridgehead atoms. The number of hydrogen-bond donors (Lipinski definition) is 2. The number of carbonyl (C=O) groups is 1. The fraction of sp³-hybridized carbons (Fsp3) is 0.423. The number of aliphatic hydroxyl groups is 1. The number of nitrogens with one attached hydrogen (secondary N) is 1. The van der Waals surface area contributed by atoms with Gasteiger partial charge >= 0.3 is 5.97 Å². The van der Waals surface area contributed by atoms with Crippen LogP contribution in [0.2, 0.25) is 0 Å². The van der Waals surface area contributed by atoms with E-state index in [1.165, 1.54) is 33.4 Å². The number of rotatable bonds is 13. The van der Waals surface area contributed by atoms with Gasteiger partial charge in [-0.1, -0.05) is 15.9 Å². The van der Waals surface area contributed by atoms with Crippen LogP contribution in [-0.2, 0) is 14.3 Å². The summed E-state index contributed by atoms with van der Waals surface area (Å²) in [7, 11) is 1.50. The van der Waals surface area contributed by atoms with Crippen LogP contribution in [0.25, 0.3) is 10.9 Å². The van der Waals surface area contributed by atoms with E-state index >= 15 is 0 Å². The van der Waals surface area contributed by atoms with Gasteiger partial charge in [0.1, 0.15) is 24.6 Å². The maximum Gasteiger partial charge on any atom is 0.305 e.